The Balaban J connectivity index is 1.71. The van der Waals surface area contributed by atoms with Crippen molar-refractivity contribution >= 4 is 34.0 Å². The summed E-state index contributed by atoms with van der Waals surface area (Å²) in [6, 6.07) is 10.7. The quantitative estimate of drug-likeness (QED) is 0.702. The Morgan fingerprint density at radius 1 is 1.19 bits per heavy atom. The van der Waals surface area contributed by atoms with E-state index in [4.69, 9.17) is 16.3 Å². The van der Waals surface area contributed by atoms with E-state index in [-0.39, 0.29) is 11.9 Å². The molecule has 0 spiro atoms. The van der Waals surface area contributed by atoms with Crippen molar-refractivity contribution in [2.24, 2.45) is 0 Å². The van der Waals surface area contributed by atoms with Crippen LogP contribution in [0.25, 0.3) is 10.9 Å². The summed E-state index contributed by atoms with van der Waals surface area (Å²) in [7, 11) is 2.11. The minimum Gasteiger partial charge on any atom is -0.508 e. The van der Waals surface area contributed by atoms with Gasteiger partial charge in [-0.1, -0.05) is 17.7 Å². The highest BCUT2D eigenvalue weighted by atomic mass is 35.5. The number of aromatic nitrogens is 2. The molecule has 27 heavy (non-hydrogen) atoms. The number of halogens is 1. The number of likely N-dealkylation sites (tertiary alicyclic amines) is 1. The molecule has 4 rings (SSSR count). The molecule has 0 saturated carbocycles. The van der Waals surface area contributed by atoms with E-state index >= 15 is 0 Å². The zero-order valence-electron chi connectivity index (χ0n) is 15.0. The average Bonchev–Trinajstić information content (AvgIpc) is 2.63. The van der Waals surface area contributed by atoms with Gasteiger partial charge in [-0.25, -0.2) is 9.97 Å². The van der Waals surface area contributed by atoms with Gasteiger partial charge in [-0.05, 0) is 38.1 Å². The summed E-state index contributed by atoms with van der Waals surface area (Å²) in [4.78, 5) is 11.0. The number of rotatable bonds is 4. The highest BCUT2D eigenvalue weighted by Crippen LogP contribution is 2.36. The molecule has 2 heterocycles. The van der Waals surface area contributed by atoms with Crippen LogP contribution in [0.5, 0.6) is 11.5 Å². The summed E-state index contributed by atoms with van der Waals surface area (Å²) in [5, 5.41) is 14.8. The summed E-state index contributed by atoms with van der Waals surface area (Å²) < 4.78 is 6.27. The van der Waals surface area contributed by atoms with Crippen molar-refractivity contribution < 1.29 is 9.84 Å². The smallest absolute Gasteiger partial charge is 0.145 e. The third-order valence-corrected chi connectivity index (χ3v) is 4.97. The van der Waals surface area contributed by atoms with Gasteiger partial charge in [0, 0.05) is 35.9 Å². The first-order chi connectivity index (χ1) is 13.1. The van der Waals surface area contributed by atoms with E-state index in [1.165, 1.54) is 6.33 Å². The minimum atomic E-state index is 0.102. The maximum absolute atomic E-state index is 10.1. The predicted octanol–water partition coefficient (Wildman–Crippen LogP) is 4.21. The van der Waals surface area contributed by atoms with Crippen LogP contribution in [0, 0.1) is 0 Å². The number of benzene rings is 2. The molecule has 0 atom stereocenters. The number of piperidine rings is 1. The third kappa shape index (κ3) is 4.07. The van der Waals surface area contributed by atoms with E-state index in [9.17, 15) is 5.11 Å². The Morgan fingerprint density at radius 2 is 2.00 bits per heavy atom. The minimum absolute atomic E-state index is 0.102. The van der Waals surface area contributed by atoms with Crippen molar-refractivity contribution in [3.05, 3.63) is 47.7 Å². The first kappa shape index (κ1) is 17.8. The van der Waals surface area contributed by atoms with E-state index in [0.29, 0.717) is 22.1 Å². The number of fused-ring (bicyclic) bond motifs is 1. The number of nitrogens with zero attached hydrogens (tertiary/aromatic N) is 3. The number of anilines is 2. The first-order valence-electron chi connectivity index (χ1n) is 8.94. The number of phenolic OH excluding ortho intramolecular Hbond substituents is 1. The monoisotopic (exact) mass is 384 g/mol. The molecular formula is C20H21ClN4O2. The normalized spacial score (nSPS) is 15.8. The third-order valence-electron chi connectivity index (χ3n) is 4.73. The van der Waals surface area contributed by atoms with Crippen LogP contribution in [0.1, 0.15) is 12.8 Å². The zero-order valence-corrected chi connectivity index (χ0v) is 15.8. The molecule has 0 unspecified atom stereocenters. The number of nitrogens with one attached hydrogen (secondary N) is 1. The predicted molar refractivity (Wildman–Crippen MR) is 107 cm³/mol. The molecule has 0 bridgehead atoms. The Morgan fingerprint density at radius 3 is 2.78 bits per heavy atom. The van der Waals surface area contributed by atoms with E-state index in [0.717, 1.165) is 37.0 Å². The van der Waals surface area contributed by atoms with Crippen LogP contribution >= 0.6 is 11.6 Å². The SMILES string of the molecule is CN1CCC(Oc2cc(O)cc3ncnc(Nc4cccc(Cl)c4)c23)CC1. The van der Waals surface area contributed by atoms with Crippen LogP contribution in [-0.4, -0.2) is 46.2 Å². The largest absolute Gasteiger partial charge is 0.508 e. The summed E-state index contributed by atoms with van der Waals surface area (Å²) >= 11 is 6.09. The van der Waals surface area contributed by atoms with Gasteiger partial charge in [-0.2, -0.15) is 0 Å². The van der Waals surface area contributed by atoms with Crippen LogP contribution in [0.4, 0.5) is 11.5 Å². The maximum Gasteiger partial charge on any atom is 0.145 e. The van der Waals surface area contributed by atoms with Crippen molar-refractivity contribution in [2.75, 3.05) is 25.5 Å². The summed E-state index contributed by atoms with van der Waals surface area (Å²) in [6.45, 7) is 1.98. The van der Waals surface area contributed by atoms with Gasteiger partial charge in [0.05, 0.1) is 10.9 Å². The first-order valence-corrected chi connectivity index (χ1v) is 9.32. The lowest BCUT2D eigenvalue weighted by Crippen LogP contribution is -2.35. The molecule has 0 amide bonds. The summed E-state index contributed by atoms with van der Waals surface area (Å²) in [5.74, 6) is 1.33. The van der Waals surface area contributed by atoms with Crippen LogP contribution < -0.4 is 10.1 Å². The van der Waals surface area contributed by atoms with E-state index in [1.807, 2.05) is 24.3 Å². The molecule has 0 aliphatic carbocycles. The van der Waals surface area contributed by atoms with Crippen LogP contribution in [0.3, 0.4) is 0 Å². The van der Waals surface area contributed by atoms with Crippen molar-refractivity contribution in [3.8, 4) is 11.5 Å². The molecule has 1 aliphatic heterocycles. The highest BCUT2D eigenvalue weighted by molar-refractivity contribution is 6.30. The fourth-order valence-corrected chi connectivity index (χ4v) is 3.50. The highest BCUT2D eigenvalue weighted by Gasteiger charge is 2.21. The number of hydrogen-bond acceptors (Lipinski definition) is 6. The number of phenols is 1. The van der Waals surface area contributed by atoms with Gasteiger partial charge in [0.1, 0.15) is 29.7 Å². The maximum atomic E-state index is 10.1. The molecular weight excluding hydrogens is 364 g/mol. The van der Waals surface area contributed by atoms with Gasteiger partial charge in [-0.15, -0.1) is 0 Å². The zero-order chi connectivity index (χ0) is 18.8. The van der Waals surface area contributed by atoms with Gasteiger partial charge in [-0.3, -0.25) is 0 Å². The van der Waals surface area contributed by atoms with Gasteiger partial charge >= 0.3 is 0 Å². The second-order valence-electron chi connectivity index (χ2n) is 6.82. The molecule has 7 heteroatoms. The van der Waals surface area contributed by atoms with Crippen molar-refractivity contribution in [1.29, 1.82) is 0 Å². The summed E-state index contributed by atoms with van der Waals surface area (Å²) in [6.07, 6.45) is 3.45. The van der Waals surface area contributed by atoms with Crippen molar-refractivity contribution in [2.45, 2.75) is 18.9 Å². The Bertz CT molecular complexity index is 958. The molecule has 1 aromatic heterocycles. The second-order valence-corrected chi connectivity index (χ2v) is 7.25. The second kappa shape index (κ2) is 7.58. The Labute approximate surface area is 162 Å². The molecule has 1 fully saturated rings. The molecule has 6 nitrogen and oxygen atoms in total. The topological polar surface area (TPSA) is 70.5 Å². The summed E-state index contributed by atoms with van der Waals surface area (Å²) in [5.41, 5.74) is 1.44. The van der Waals surface area contributed by atoms with Crippen molar-refractivity contribution in [3.63, 3.8) is 0 Å². The number of aromatic hydroxyl groups is 1. The van der Waals surface area contributed by atoms with Crippen LogP contribution in [-0.2, 0) is 0 Å². The molecule has 140 valence electrons. The van der Waals surface area contributed by atoms with E-state index in [1.54, 1.807) is 12.1 Å². The van der Waals surface area contributed by atoms with Gasteiger partial charge in [0.2, 0.25) is 0 Å². The fraction of sp³-hybridized carbons (Fsp3) is 0.300. The lowest BCUT2D eigenvalue weighted by Gasteiger charge is -2.29. The molecule has 0 radical (unpaired) electrons. The van der Waals surface area contributed by atoms with Gasteiger partial charge < -0.3 is 20.1 Å². The molecule has 2 N–H and O–H groups in total. The van der Waals surface area contributed by atoms with Crippen molar-refractivity contribution in [1.82, 2.24) is 14.9 Å². The lowest BCUT2D eigenvalue weighted by atomic mass is 10.1. The molecule has 1 saturated heterocycles. The Hall–Kier alpha value is -2.57. The molecule has 3 aromatic rings. The fourth-order valence-electron chi connectivity index (χ4n) is 3.31. The average molecular weight is 385 g/mol. The van der Waals surface area contributed by atoms with E-state index < -0.39 is 0 Å². The van der Waals surface area contributed by atoms with Gasteiger partial charge in [0.25, 0.3) is 0 Å². The number of hydrogen-bond donors (Lipinski definition) is 2. The molecule has 1 aliphatic rings. The standard InChI is InChI=1S/C20H21ClN4O2/c1-25-7-5-16(6-8-25)27-18-11-15(26)10-17-19(18)20(23-12-22-17)24-14-4-2-3-13(21)9-14/h2-4,9-12,16,26H,5-8H2,1H3,(H,22,23,24). The number of ether oxygens (including phenoxy) is 1. The Kier molecular flexibility index (Phi) is 5.01. The lowest BCUT2D eigenvalue weighted by molar-refractivity contribution is 0.115. The van der Waals surface area contributed by atoms with Crippen LogP contribution in [0.2, 0.25) is 5.02 Å². The van der Waals surface area contributed by atoms with Gasteiger partial charge in [0.15, 0.2) is 0 Å². The molecule has 2 aromatic carbocycles. The van der Waals surface area contributed by atoms with E-state index in [2.05, 4.69) is 27.2 Å². The van der Waals surface area contributed by atoms with Crippen LogP contribution in [0.15, 0.2) is 42.7 Å².